The highest BCUT2D eigenvalue weighted by molar-refractivity contribution is 5.99. The van der Waals surface area contributed by atoms with Gasteiger partial charge in [-0.1, -0.05) is 0 Å². The van der Waals surface area contributed by atoms with E-state index in [1.807, 2.05) is 4.90 Å². The summed E-state index contributed by atoms with van der Waals surface area (Å²) in [5.41, 5.74) is 0. The fourth-order valence-electron chi connectivity index (χ4n) is 2.57. The van der Waals surface area contributed by atoms with E-state index in [1.54, 1.807) is 0 Å². The summed E-state index contributed by atoms with van der Waals surface area (Å²) >= 11 is 0. The van der Waals surface area contributed by atoms with Crippen LogP contribution in [0.1, 0.15) is 19.3 Å². The van der Waals surface area contributed by atoms with E-state index in [4.69, 9.17) is 0 Å². The van der Waals surface area contributed by atoms with Gasteiger partial charge in [-0.15, -0.1) is 0 Å². The third-order valence-electron chi connectivity index (χ3n) is 3.70. The Morgan fingerprint density at radius 1 is 1.18 bits per heavy atom. The van der Waals surface area contributed by atoms with Crippen molar-refractivity contribution in [3.63, 3.8) is 0 Å². The van der Waals surface area contributed by atoms with E-state index in [-0.39, 0.29) is 11.8 Å². The highest BCUT2D eigenvalue weighted by atomic mass is 16.2. The largest absolute Gasteiger partial charge is 0.306 e. The van der Waals surface area contributed by atoms with Crippen LogP contribution in [0, 0.1) is 5.92 Å². The summed E-state index contributed by atoms with van der Waals surface area (Å²) < 4.78 is 0. The molecule has 0 unspecified atom stereocenters. The van der Waals surface area contributed by atoms with Gasteiger partial charge in [-0.05, 0) is 51.9 Å². The lowest BCUT2D eigenvalue weighted by molar-refractivity contribution is -0.136. The molecule has 0 atom stereocenters. The standard InChI is InChI=1S/C12H21N3O2/c1-14-5-2-10(3-6-14)4-7-15-8-11(16)13-12(17)9-15/h10H,2-9H2,1H3,(H,13,16,17). The highest BCUT2D eigenvalue weighted by Crippen LogP contribution is 2.19. The number of piperidine rings is 1. The molecule has 2 saturated heterocycles. The average molecular weight is 239 g/mol. The van der Waals surface area contributed by atoms with Crippen LogP contribution in [0.25, 0.3) is 0 Å². The molecular formula is C12H21N3O2. The predicted molar refractivity (Wildman–Crippen MR) is 64.4 cm³/mol. The molecule has 0 aromatic carbocycles. The molecule has 0 spiro atoms. The second-order valence-electron chi connectivity index (χ2n) is 5.22. The number of likely N-dealkylation sites (tertiary alicyclic amines) is 1. The maximum absolute atomic E-state index is 11.2. The summed E-state index contributed by atoms with van der Waals surface area (Å²) in [6, 6.07) is 0. The van der Waals surface area contributed by atoms with Crippen molar-refractivity contribution in [3.05, 3.63) is 0 Å². The van der Waals surface area contributed by atoms with Crippen LogP contribution in [-0.2, 0) is 9.59 Å². The molecule has 2 aliphatic rings. The second-order valence-corrected chi connectivity index (χ2v) is 5.22. The fraction of sp³-hybridized carbons (Fsp3) is 0.833. The minimum absolute atomic E-state index is 0.162. The van der Waals surface area contributed by atoms with Gasteiger partial charge in [0.2, 0.25) is 11.8 Å². The van der Waals surface area contributed by atoms with E-state index < -0.39 is 0 Å². The minimum atomic E-state index is -0.162. The number of hydrogen-bond acceptors (Lipinski definition) is 4. The van der Waals surface area contributed by atoms with Crippen molar-refractivity contribution in [2.75, 3.05) is 39.8 Å². The molecule has 2 aliphatic heterocycles. The molecule has 2 heterocycles. The van der Waals surface area contributed by atoms with Crippen molar-refractivity contribution in [1.82, 2.24) is 15.1 Å². The van der Waals surface area contributed by atoms with E-state index in [9.17, 15) is 9.59 Å². The number of carbonyl (C=O) groups is 2. The maximum Gasteiger partial charge on any atom is 0.240 e. The molecule has 0 aromatic heterocycles. The Labute approximate surface area is 102 Å². The normalized spacial score (nSPS) is 25.0. The second kappa shape index (κ2) is 5.60. The Morgan fingerprint density at radius 3 is 2.35 bits per heavy atom. The first-order chi connectivity index (χ1) is 8.13. The summed E-state index contributed by atoms with van der Waals surface area (Å²) in [6.07, 6.45) is 3.59. The van der Waals surface area contributed by atoms with Crippen molar-refractivity contribution in [2.45, 2.75) is 19.3 Å². The van der Waals surface area contributed by atoms with Crippen LogP contribution in [0.5, 0.6) is 0 Å². The van der Waals surface area contributed by atoms with Gasteiger partial charge in [-0.2, -0.15) is 0 Å². The van der Waals surface area contributed by atoms with Crippen LogP contribution in [-0.4, -0.2) is 61.4 Å². The Bertz CT molecular complexity index is 282. The fourth-order valence-corrected chi connectivity index (χ4v) is 2.57. The van der Waals surface area contributed by atoms with Crippen LogP contribution < -0.4 is 5.32 Å². The van der Waals surface area contributed by atoms with Gasteiger partial charge in [0.1, 0.15) is 0 Å². The summed E-state index contributed by atoms with van der Waals surface area (Å²) in [6.45, 7) is 3.96. The smallest absolute Gasteiger partial charge is 0.240 e. The molecule has 0 bridgehead atoms. The van der Waals surface area contributed by atoms with Gasteiger partial charge in [0.15, 0.2) is 0 Å². The van der Waals surface area contributed by atoms with Crippen molar-refractivity contribution >= 4 is 11.8 Å². The lowest BCUT2D eigenvalue weighted by Gasteiger charge is -2.31. The quantitative estimate of drug-likeness (QED) is 0.686. The molecule has 0 aliphatic carbocycles. The minimum Gasteiger partial charge on any atom is -0.306 e. The number of hydrogen-bond donors (Lipinski definition) is 1. The number of carbonyl (C=O) groups excluding carboxylic acids is 2. The van der Waals surface area contributed by atoms with Gasteiger partial charge in [0.25, 0.3) is 0 Å². The van der Waals surface area contributed by atoms with Crippen LogP contribution in [0.3, 0.4) is 0 Å². The zero-order chi connectivity index (χ0) is 12.3. The Balaban J connectivity index is 1.71. The van der Waals surface area contributed by atoms with Crippen molar-refractivity contribution in [2.24, 2.45) is 5.92 Å². The van der Waals surface area contributed by atoms with Gasteiger partial charge in [0.05, 0.1) is 13.1 Å². The zero-order valence-electron chi connectivity index (χ0n) is 10.4. The molecule has 1 N–H and O–H groups in total. The molecule has 2 fully saturated rings. The SMILES string of the molecule is CN1CCC(CCN2CC(=O)NC(=O)C2)CC1. The number of rotatable bonds is 3. The molecule has 5 heteroatoms. The molecule has 0 aromatic rings. The summed E-state index contributed by atoms with van der Waals surface area (Å²) in [7, 11) is 2.16. The Kier molecular flexibility index (Phi) is 4.12. The number of piperazine rings is 1. The summed E-state index contributed by atoms with van der Waals surface area (Å²) in [5.74, 6) is 0.431. The van der Waals surface area contributed by atoms with Crippen molar-refractivity contribution in [1.29, 1.82) is 0 Å². The molecule has 0 radical (unpaired) electrons. The predicted octanol–water partition coefficient (Wildman–Crippen LogP) is -0.323. The first-order valence-electron chi connectivity index (χ1n) is 6.37. The molecule has 5 nitrogen and oxygen atoms in total. The van der Waals surface area contributed by atoms with Gasteiger partial charge < -0.3 is 4.90 Å². The molecule has 2 amide bonds. The van der Waals surface area contributed by atoms with E-state index >= 15 is 0 Å². The third kappa shape index (κ3) is 3.78. The van der Waals surface area contributed by atoms with Crippen molar-refractivity contribution < 1.29 is 9.59 Å². The summed E-state index contributed by atoms with van der Waals surface area (Å²) in [4.78, 5) is 26.7. The lowest BCUT2D eigenvalue weighted by atomic mass is 9.93. The van der Waals surface area contributed by atoms with E-state index in [1.165, 1.54) is 25.9 Å². The monoisotopic (exact) mass is 239 g/mol. The van der Waals surface area contributed by atoms with Crippen LogP contribution >= 0.6 is 0 Å². The maximum atomic E-state index is 11.2. The van der Waals surface area contributed by atoms with Crippen LogP contribution in [0.4, 0.5) is 0 Å². The Morgan fingerprint density at radius 2 is 1.76 bits per heavy atom. The molecule has 2 rings (SSSR count). The average Bonchev–Trinajstić information content (AvgIpc) is 2.27. The first-order valence-corrected chi connectivity index (χ1v) is 6.37. The van der Waals surface area contributed by atoms with Gasteiger partial charge in [-0.25, -0.2) is 0 Å². The number of amides is 2. The van der Waals surface area contributed by atoms with E-state index in [0.717, 1.165) is 18.9 Å². The highest BCUT2D eigenvalue weighted by Gasteiger charge is 2.23. The van der Waals surface area contributed by atoms with Crippen molar-refractivity contribution in [3.8, 4) is 0 Å². The lowest BCUT2D eigenvalue weighted by Crippen LogP contribution is -2.51. The number of imide groups is 1. The van der Waals surface area contributed by atoms with E-state index in [2.05, 4.69) is 17.3 Å². The zero-order valence-corrected chi connectivity index (χ0v) is 10.4. The molecule has 0 saturated carbocycles. The van der Waals surface area contributed by atoms with Gasteiger partial charge >= 0.3 is 0 Å². The third-order valence-corrected chi connectivity index (χ3v) is 3.70. The van der Waals surface area contributed by atoms with Crippen LogP contribution in [0.15, 0.2) is 0 Å². The number of nitrogens with one attached hydrogen (secondary N) is 1. The molecule has 96 valence electrons. The van der Waals surface area contributed by atoms with Gasteiger partial charge in [-0.3, -0.25) is 19.8 Å². The Hall–Kier alpha value is -0.940. The first kappa shape index (κ1) is 12.5. The molecule has 17 heavy (non-hydrogen) atoms. The summed E-state index contributed by atoms with van der Waals surface area (Å²) in [5, 5.41) is 2.33. The van der Waals surface area contributed by atoms with E-state index in [0.29, 0.717) is 13.1 Å². The topological polar surface area (TPSA) is 52.6 Å². The molecular weight excluding hydrogens is 218 g/mol. The van der Waals surface area contributed by atoms with Crippen LogP contribution in [0.2, 0.25) is 0 Å². The number of nitrogens with zero attached hydrogens (tertiary/aromatic N) is 2. The van der Waals surface area contributed by atoms with Gasteiger partial charge in [0, 0.05) is 0 Å².